The van der Waals surface area contributed by atoms with Crippen molar-refractivity contribution in [3.05, 3.63) is 105 Å². The molecule has 0 radical (unpaired) electrons. The maximum Gasteiger partial charge on any atom is 0.253 e. The second kappa shape index (κ2) is 10.9. The lowest BCUT2D eigenvalue weighted by atomic mass is 9.94. The van der Waals surface area contributed by atoms with Crippen molar-refractivity contribution in [1.82, 2.24) is 35.1 Å². The quantitative estimate of drug-likeness (QED) is 0.290. The third-order valence-corrected chi connectivity index (χ3v) is 7.73. The number of fused-ring (bicyclic) bond motifs is 1. The Labute approximate surface area is 226 Å². The van der Waals surface area contributed by atoms with Crippen molar-refractivity contribution >= 4 is 10.9 Å². The summed E-state index contributed by atoms with van der Waals surface area (Å²) in [4.78, 5) is 23.6. The van der Waals surface area contributed by atoms with E-state index in [1.165, 1.54) is 6.42 Å². The van der Waals surface area contributed by atoms with E-state index < -0.39 is 6.04 Å². The Hall–Kier alpha value is -4.11. The van der Waals surface area contributed by atoms with Crippen molar-refractivity contribution in [2.45, 2.75) is 71.1 Å². The summed E-state index contributed by atoms with van der Waals surface area (Å²) in [7, 11) is 0. The van der Waals surface area contributed by atoms with Crippen LogP contribution in [0.2, 0.25) is 0 Å². The number of H-pyrrole nitrogens is 1. The van der Waals surface area contributed by atoms with Crippen LogP contribution in [-0.2, 0) is 13.1 Å². The van der Waals surface area contributed by atoms with Gasteiger partial charge in [0.2, 0.25) is 0 Å². The predicted octanol–water partition coefficient (Wildman–Crippen LogP) is 5.42. The van der Waals surface area contributed by atoms with E-state index in [0.29, 0.717) is 24.5 Å². The fourth-order valence-electron chi connectivity index (χ4n) is 5.93. The highest BCUT2D eigenvalue weighted by Crippen LogP contribution is 2.35. The van der Waals surface area contributed by atoms with Crippen molar-refractivity contribution in [2.75, 3.05) is 0 Å². The van der Waals surface area contributed by atoms with Crippen LogP contribution in [0.25, 0.3) is 10.9 Å². The number of furan rings is 1. The Morgan fingerprint density at radius 3 is 2.74 bits per heavy atom. The number of hydrogen-bond donors (Lipinski definition) is 1. The van der Waals surface area contributed by atoms with Crippen LogP contribution < -0.4 is 5.56 Å². The van der Waals surface area contributed by atoms with Gasteiger partial charge in [0.1, 0.15) is 11.8 Å². The first kappa shape index (κ1) is 25.2. The third-order valence-electron chi connectivity index (χ3n) is 7.73. The zero-order valence-electron chi connectivity index (χ0n) is 22.4. The molecular formula is C30H33N7O2. The number of rotatable bonds is 8. The number of hydrogen-bond acceptors (Lipinski definition) is 7. The minimum atomic E-state index is -0.513. The molecule has 0 bridgehead atoms. The number of aromatic amines is 1. The molecule has 0 aliphatic heterocycles. The van der Waals surface area contributed by atoms with E-state index in [0.717, 1.165) is 59.0 Å². The maximum absolute atomic E-state index is 13.8. The normalized spacial score (nSPS) is 15.3. The molecule has 1 saturated carbocycles. The minimum Gasteiger partial charge on any atom is -0.468 e. The number of aryl methyl sites for hydroxylation is 2. The lowest BCUT2D eigenvalue weighted by molar-refractivity contribution is 0.173. The molecule has 200 valence electrons. The molecule has 9 heteroatoms. The van der Waals surface area contributed by atoms with Gasteiger partial charge in [-0.3, -0.25) is 14.7 Å². The number of benzene rings is 1. The van der Waals surface area contributed by atoms with Gasteiger partial charge in [0.15, 0.2) is 5.82 Å². The van der Waals surface area contributed by atoms with Crippen LogP contribution >= 0.6 is 0 Å². The summed E-state index contributed by atoms with van der Waals surface area (Å²) in [5.74, 6) is 1.47. The smallest absolute Gasteiger partial charge is 0.253 e. The fraction of sp³-hybridized carbons (Fsp3) is 0.367. The standard InChI is InChI=1S/C30H33N7O2/c1-20-14-21(2)25-16-26(30(38)32-27(25)15-20)28(29-33-34-35-37(29)23-9-4-3-5-10-23)36(19-24-11-7-13-39-24)18-22-8-6-12-31-17-22/h6-8,11-17,23,28H,3-5,9-10,18-19H2,1-2H3,(H,32,38)/t28-/m1/s1. The fourth-order valence-corrected chi connectivity index (χ4v) is 5.93. The Morgan fingerprint density at radius 2 is 1.97 bits per heavy atom. The van der Waals surface area contributed by atoms with Gasteiger partial charge in [-0.25, -0.2) is 4.68 Å². The van der Waals surface area contributed by atoms with E-state index >= 15 is 0 Å². The van der Waals surface area contributed by atoms with Crippen LogP contribution in [0.15, 0.2) is 70.3 Å². The molecule has 1 aliphatic carbocycles. The van der Waals surface area contributed by atoms with E-state index in [4.69, 9.17) is 4.42 Å². The summed E-state index contributed by atoms with van der Waals surface area (Å²) in [6, 6.07) is 13.7. The molecule has 1 aromatic carbocycles. The number of nitrogens with one attached hydrogen (secondary N) is 1. The van der Waals surface area contributed by atoms with Gasteiger partial charge in [-0.1, -0.05) is 31.4 Å². The molecule has 1 aliphatic rings. The van der Waals surface area contributed by atoms with Gasteiger partial charge < -0.3 is 9.40 Å². The molecule has 5 aromatic rings. The first-order chi connectivity index (χ1) is 19.1. The van der Waals surface area contributed by atoms with Gasteiger partial charge in [0.25, 0.3) is 5.56 Å². The molecule has 0 amide bonds. The first-order valence-electron chi connectivity index (χ1n) is 13.6. The molecule has 0 spiro atoms. The van der Waals surface area contributed by atoms with Crippen LogP contribution in [0, 0.1) is 13.8 Å². The Balaban J connectivity index is 1.54. The lowest BCUT2D eigenvalue weighted by Gasteiger charge is -2.32. The Morgan fingerprint density at radius 1 is 1.10 bits per heavy atom. The van der Waals surface area contributed by atoms with E-state index in [1.54, 1.807) is 12.5 Å². The third kappa shape index (κ3) is 5.27. The zero-order valence-corrected chi connectivity index (χ0v) is 22.4. The largest absolute Gasteiger partial charge is 0.468 e. The molecule has 1 atom stereocenters. The van der Waals surface area contributed by atoms with Crippen LogP contribution in [-0.4, -0.2) is 35.1 Å². The molecule has 0 saturated heterocycles. The van der Waals surface area contributed by atoms with E-state index in [2.05, 4.69) is 43.4 Å². The predicted molar refractivity (Wildman–Crippen MR) is 148 cm³/mol. The first-order valence-corrected chi connectivity index (χ1v) is 13.6. The van der Waals surface area contributed by atoms with Gasteiger partial charge in [-0.05, 0) is 84.1 Å². The monoisotopic (exact) mass is 523 g/mol. The molecule has 9 nitrogen and oxygen atoms in total. The van der Waals surface area contributed by atoms with Crippen LogP contribution in [0.4, 0.5) is 0 Å². The minimum absolute atomic E-state index is 0.147. The molecule has 1 N–H and O–H groups in total. The van der Waals surface area contributed by atoms with Crippen LogP contribution in [0.5, 0.6) is 0 Å². The van der Waals surface area contributed by atoms with E-state index in [9.17, 15) is 4.79 Å². The SMILES string of the molecule is Cc1cc(C)c2cc([C@H](c3nnnn3C3CCCCC3)N(Cc3cccnc3)Cc3ccco3)c(=O)[nH]c2c1. The number of aromatic nitrogens is 6. The summed E-state index contributed by atoms with van der Waals surface area (Å²) in [5, 5.41) is 14.2. The van der Waals surface area contributed by atoms with Crippen molar-refractivity contribution in [3.63, 3.8) is 0 Å². The van der Waals surface area contributed by atoms with Crippen molar-refractivity contribution in [3.8, 4) is 0 Å². The van der Waals surface area contributed by atoms with Crippen molar-refractivity contribution in [2.24, 2.45) is 0 Å². The average Bonchev–Trinajstić information content (AvgIpc) is 3.63. The topological polar surface area (TPSA) is 106 Å². The molecule has 1 fully saturated rings. The molecule has 6 rings (SSSR count). The molecular weight excluding hydrogens is 490 g/mol. The van der Waals surface area contributed by atoms with E-state index in [1.807, 2.05) is 54.2 Å². The molecule has 0 unspecified atom stereocenters. The molecule has 39 heavy (non-hydrogen) atoms. The summed E-state index contributed by atoms with van der Waals surface area (Å²) < 4.78 is 7.75. The highest BCUT2D eigenvalue weighted by molar-refractivity contribution is 5.83. The van der Waals surface area contributed by atoms with Crippen LogP contribution in [0.3, 0.4) is 0 Å². The van der Waals surface area contributed by atoms with Gasteiger partial charge in [0, 0.05) is 35.4 Å². The summed E-state index contributed by atoms with van der Waals surface area (Å²) in [6.45, 7) is 5.11. The van der Waals surface area contributed by atoms with Gasteiger partial charge in [0.05, 0.1) is 18.8 Å². The summed E-state index contributed by atoms with van der Waals surface area (Å²) in [6.07, 6.45) is 10.9. The lowest BCUT2D eigenvalue weighted by Crippen LogP contribution is -2.35. The van der Waals surface area contributed by atoms with E-state index in [-0.39, 0.29) is 11.6 Å². The molecule has 4 heterocycles. The average molecular weight is 524 g/mol. The maximum atomic E-state index is 13.8. The zero-order chi connectivity index (χ0) is 26.8. The second-order valence-electron chi connectivity index (χ2n) is 10.6. The number of nitrogens with zero attached hydrogens (tertiary/aromatic N) is 6. The second-order valence-corrected chi connectivity index (χ2v) is 10.6. The highest BCUT2D eigenvalue weighted by atomic mass is 16.3. The van der Waals surface area contributed by atoms with Crippen molar-refractivity contribution in [1.29, 1.82) is 0 Å². The summed E-state index contributed by atoms with van der Waals surface area (Å²) in [5.41, 5.74) is 4.53. The number of tetrazole rings is 1. The van der Waals surface area contributed by atoms with Crippen LogP contribution in [0.1, 0.15) is 78.0 Å². The van der Waals surface area contributed by atoms with Gasteiger partial charge in [-0.2, -0.15) is 0 Å². The van der Waals surface area contributed by atoms with Crippen molar-refractivity contribution < 1.29 is 4.42 Å². The Bertz CT molecular complexity index is 1600. The van der Waals surface area contributed by atoms with Gasteiger partial charge in [-0.15, -0.1) is 5.10 Å². The van der Waals surface area contributed by atoms with Gasteiger partial charge >= 0.3 is 0 Å². The molecule has 4 aromatic heterocycles. The Kier molecular flexibility index (Phi) is 7.06. The summed E-state index contributed by atoms with van der Waals surface area (Å²) >= 11 is 0. The number of pyridine rings is 2. The highest BCUT2D eigenvalue weighted by Gasteiger charge is 2.33.